The van der Waals surface area contributed by atoms with Gasteiger partial charge in [-0.1, -0.05) is 0 Å². The van der Waals surface area contributed by atoms with Crippen molar-refractivity contribution in [3.63, 3.8) is 0 Å². The van der Waals surface area contributed by atoms with Gasteiger partial charge in [0.25, 0.3) is 5.91 Å². The molecule has 0 aliphatic carbocycles. The number of carboxylic acid groups (broad SMARTS) is 1. The van der Waals surface area contributed by atoms with Gasteiger partial charge >= 0.3 is 5.97 Å². The number of carbonyl (C=O) groups excluding carboxylic acids is 1. The predicted molar refractivity (Wildman–Crippen MR) is 67.6 cm³/mol. The third kappa shape index (κ3) is 4.06. The van der Waals surface area contributed by atoms with Crippen LogP contribution in [0.2, 0.25) is 0 Å². The van der Waals surface area contributed by atoms with Crippen molar-refractivity contribution in [2.24, 2.45) is 0 Å². The second-order valence-corrected chi connectivity index (χ2v) is 5.84. The Bertz CT molecular complexity index is 393. The Morgan fingerprint density at radius 2 is 2.25 bits per heavy atom. The standard InChI is InChI=1S/C9H10INO4S/c10-7-3-5(4-16-7)8(13)11-2-1-6(12)9(14)15/h3-4,6,12H,1-2H2,(H,11,13)(H,14,15)/t6-/m0/s1. The molecule has 3 N–H and O–H groups in total. The third-order valence-corrected chi connectivity index (χ3v) is 3.61. The summed E-state index contributed by atoms with van der Waals surface area (Å²) in [5.41, 5.74) is 0.555. The van der Waals surface area contributed by atoms with Gasteiger partial charge in [-0.25, -0.2) is 4.79 Å². The molecular weight excluding hydrogens is 345 g/mol. The van der Waals surface area contributed by atoms with Crippen LogP contribution in [0.5, 0.6) is 0 Å². The molecule has 5 nitrogen and oxygen atoms in total. The SMILES string of the molecule is O=C(NCC[C@H](O)C(=O)O)c1csc(I)c1. The molecule has 1 amide bonds. The highest BCUT2D eigenvalue weighted by atomic mass is 127. The molecule has 0 aromatic carbocycles. The molecule has 0 saturated heterocycles. The Hall–Kier alpha value is -0.670. The summed E-state index contributed by atoms with van der Waals surface area (Å²) >= 11 is 3.57. The molecule has 0 saturated carbocycles. The van der Waals surface area contributed by atoms with Crippen LogP contribution < -0.4 is 5.32 Å². The van der Waals surface area contributed by atoms with Crippen LogP contribution >= 0.6 is 33.9 Å². The van der Waals surface area contributed by atoms with E-state index in [9.17, 15) is 9.59 Å². The maximum absolute atomic E-state index is 11.5. The van der Waals surface area contributed by atoms with Crippen LogP contribution in [-0.4, -0.2) is 34.7 Å². The van der Waals surface area contributed by atoms with E-state index in [0.717, 1.165) is 2.88 Å². The monoisotopic (exact) mass is 355 g/mol. The lowest BCUT2D eigenvalue weighted by atomic mass is 10.2. The first-order valence-electron chi connectivity index (χ1n) is 4.44. The molecule has 0 bridgehead atoms. The van der Waals surface area contributed by atoms with Crippen LogP contribution in [0.3, 0.4) is 0 Å². The van der Waals surface area contributed by atoms with E-state index >= 15 is 0 Å². The molecule has 1 aromatic heterocycles. The van der Waals surface area contributed by atoms with E-state index in [1.54, 1.807) is 11.4 Å². The molecule has 88 valence electrons. The van der Waals surface area contributed by atoms with Gasteiger partial charge in [-0.2, -0.15) is 0 Å². The number of carboxylic acids is 1. The summed E-state index contributed by atoms with van der Waals surface area (Å²) in [7, 11) is 0. The second-order valence-electron chi connectivity index (χ2n) is 3.04. The number of aliphatic carboxylic acids is 1. The Morgan fingerprint density at radius 1 is 1.56 bits per heavy atom. The molecule has 0 fully saturated rings. The van der Waals surface area contributed by atoms with Crippen molar-refractivity contribution in [1.82, 2.24) is 5.32 Å². The fourth-order valence-electron chi connectivity index (χ4n) is 0.977. The van der Waals surface area contributed by atoms with Crippen LogP contribution in [0.1, 0.15) is 16.8 Å². The Balaban J connectivity index is 2.34. The molecule has 1 atom stereocenters. The maximum Gasteiger partial charge on any atom is 0.332 e. The zero-order valence-corrected chi connectivity index (χ0v) is 11.1. The quantitative estimate of drug-likeness (QED) is 0.686. The first-order chi connectivity index (χ1) is 7.50. The number of halogens is 1. The summed E-state index contributed by atoms with van der Waals surface area (Å²) in [6.45, 7) is 0.138. The van der Waals surface area contributed by atoms with E-state index < -0.39 is 12.1 Å². The largest absolute Gasteiger partial charge is 0.479 e. The van der Waals surface area contributed by atoms with Gasteiger partial charge in [0.1, 0.15) is 0 Å². The van der Waals surface area contributed by atoms with E-state index in [2.05, 4.69) is 27.9 Å². The molecule has 1 aromatic rings. The summed E-state index contributed by atoms with van der Waals surface area (Å²) in [6, 6.07) is 1.74. The minimum Gasteiger partial charge on any atom is -0.479 e. The molecular formula is C9H10INO4S. The minimum atomic E-state index is -1.43. The van der Waals surface area contributed by atoms with E-state index in [1.165, 1.54) is 11.3 Å². The van der Waals surface area contributed by atoms with Crippen LogP contribution in [0.4, 0.5) is 0 Å². The molecule has 0 radical (unpaired) electrons. The Labute approximate surface area is 110 Å². The molecule has 1 rings (SSSR count). The maximum atomic E-state index is 11.5. The lowest BCUT2D eigenvalue weighted by Crippen LogP contribution is -2.29. The van der Waals surface area contributed by atoms with Gasteiger partial charge in [-0.05, 0) is 28.7 Å². The molecule has 0 aliphatic rings. The number of rotatable bonds is 5. The summed E-state index contributed by atoms with van der Waals surface area (Å²) < 4.78 is 1.01. The van der Waals surface area contributed by atoms with Crippen molar-refractivity contribution >= 4 is 45.8 Å². The fourth-order valence-corrected chi connectivity index (χ4v) is 2.30. The summed E-state index contributed by atoms with van der Waals surface area (Å²) in [5.74, 6) is -1.53. The van der Waals surface area contributed by atoms with Crippen molar-refractivity contribution in [1.29, 1.82) is 0 Å². The highest BCUT2D eigenvalue weighted by molar-refractivity contribution is 14.1. The number of aliphatic hydroxyl groups excluding tert-OH is 1. The normalized spacial score (nSPS) is 12.1. The number of nitrogens with one attached hydrogen (secondary N) is 1. The zero-order valence-electron chi connectivity index (χ0n) is 8.14. The lowest BCUT2D eigenvalue weighted by molar-refractivity contribution is -0.146. The molecule has 0 unspecified atom stereocenters. The number of carbonyl (C=O) groups is 2. The zero-order chi connectivity index (χ0) is 12.1. The first-order valence-corrected chi connectivity index (χ1v) is 6.39. The third-order valence-electron chi connectivity index (χ3n) is 1.82. The van der Waals surface area contributed by atoms with Gasteiger partial charge in [0.05, 0.1) is 8.45 Å². The van der Waals surface area contributed by atoms with Gasteiger partial charge in [0.2, 0.25) is 0 Å². The van der Waals surface area contributed by atoms with Crippen LogP contribution in [-0.2, 0) is 4.79 Å². The number of amides is 1. The average molecular weight is 355 g/mol. The minimum absolute atomic E-state index is 0.00228. The number of aliphatic hydroxyl groups is 1. The lowest BCUT2D eigenvalue weighted by Gasteiger charge is -2.06. The van der Waals surface area contributed by atoms with E-state index in [0.29, 0.717) is 5.56 Å². The van der Waals surface area contributed by atoms with Crippen molar-refractivity contribution in [3.8, 4) is 0 Å². The second kappa shape index (κ2) is 6.16. The van der Waals surface area contributed by atoms with Gasteiger partial charge < -0.3 is 15.5 Å². The molecule has 7 heteroatoms. The van der Waals surface area contributed by atoms with E-state index in [-0.39, 0.29) is 18.9 Å². The molecule has 0 aliphatic heterocycles. The van der Waals surface area contributed by atoms with Crippen LogP contribution in [0, 0.1) is 2.88 Å². The van der Waals surface area contributed by atoms with Gasteiger partial charge in [-0.15, -0.1) is 11.3 Å². The van der Waals surface area contributed by atoms with Gasteiger partial charge in [0, 0.05) is 18.3 Å². The van der Waals surface area contributed by atoms with Gasteiger partial charge in [0.15, 0.2) is 6.10 Å². The number of hydrogen-bond acceptors (Lipinski definition) is 4. The molecule has 0 spiro atoms. The van der Waals surface area contributed by atoms with E-state index in [1.807, 2.05) is 0 Å². The fraction of sp³-hybridized carbons (Fsp3) is 0.333. The predicted octanol–water partition coefficient (Wildman–Crippen LogP) is 0.918. The summed E-state index contributed by atoms with van der Waals surface area (Å²) in [6.07, 6.45) is -1.43. The number of thiophene rings is 1. The Kier molecular flexibility index (Phi) is 5.16. The number of hydrogen-bond donors (Lipinski definition) is 3. The van der Waals surface area contributed by atoms with Crippen molar-refractivity contribution < 1.29 is 19.8 Å². The van der Waals surface area contributed by atoms with Crippen LogP contribution in [0.15, 0.2) is 11.4 Å². The molecule has 1 heterocycles. The first kappa shape index (κ1) is 13.4. The van der Waals surface area contributed by atoms with E-state index in [4.69, 9.17) is 10.2 Å². The highest BCUT2D eigenvalue weighted by Crippen LogP contribution is 2.16. The van der Waals surface area contributed by atoms with Crippen molar-refractivity contribution in [2.75, 3.05) is 6.54 Å². The van der Waals surface area contributed by atoms with Crippen molar-refractivity contribution in [3.05, 3.63) is 19.9 Å². The summed E-state index contributed by atoms with van der Waals surface area (Å²) in [5, 5.41) is 21.6. The topological polar surface area (TPSA) is 86.6 Å². The Morgan fingerprint density at radius 3 is 2.75 bits per heavy atom. The average Bonchev–Trinajstić information content (AvgIpc) is 2.64. The summed E-state index contributed by atoms with van der Waals surface area (Å²) in [4.78, 5) is 21.8. The smallest absolute Gasteiger partial charge is 0.332 e. The van der Waals surface area contributed by atoms with Crippen molar-refractivity contribution in [2.45, 2.75) is 12.5 Å². The van der Waals surface area contributed by atoms with Crippen LogP contribution in [0.25, 0.3) is 0 Å². The molecule has 16 heavy (non-hydrogen) atoms. The highest BCUT2D eigenvalue weighted by Gasteiger charge is 2.13. The van der Waals surface area contributed by atoms with Gasteiger partial charge in [-0.3, -0.25) is 4.79 Å².